The van der Waals surface area contributed by atoms with E-state index in [1.165, 1.54) is 11.3 Å². The molecule has 3 rings (SSSR count). The van der Waals surface area contributed by atoms with Crippen LogP contribution in [-0.4, -0.2) is 37.1 Å². The van der Waals surface area contributed by atoms with Gasteiger partial charge in [-0.25, -0.2) is 9.78 Å². The molecule has 2 heterocycles. The Morgan fingerprint density at radius 2 is 2.28 bits per heavy atom. The number of carbonyl (C=O) groups excluding carboxylic acids is 2. The number of rotatable bonds is 4. The SMILES string of the molecule is Cc1cc(N(C)C(=O)Cc2csc(N3CCCNC3=O)n2)ccc1Br. The number of carbonyl (C=O) groups is 2. The average molecular weight is 423 g/mol. The van der Waals surface area contributed by atoms with Crippen molar-refractivity contribution < 1.29 is 9.59 Å². The molecule has 0 bridgehead atoms. The lowest BCUT2D eigenvalue weighted by Gasteiger charge is -2.24. The van der Waals surface area contributed by atoms with Gasteiger partial charge >= 0.3 is 6.03 Å². The van der Waals surface area contributed by atoms with Gasteiger partial charge in [0, 0.05) is 35.7 Å². The van der Waals surface area contributed by atoms with E-state index in [2.05, 4.69) is 26.2 Å². The summed E-state index contributed by atoms with van der Waals surface area (Å²) in [6.07, 6.45) is 1.10. The molecule has 6 nitrogen and oxygen atoms in total. The van der Waals surface area contributed by atoms with Gasteiger partial charge in [0.15, 0.2) is 5.13 Å². The number of nitrogens with one attached hydrogen (secondary N) is 1. The molecule has 0 saturated carbocycles. The lowest BCUT2D eigenvalue weighted by atomic mass is 10.2. The van der Waals surface area contributed by atoms with Crippen molar-refractivity contribution in [2.75, 3.05) is 29.9 Å². The standard InChI is InChI=1S/C17H19BrN4O2S/c1-11-8-13(4-5-14(11)18)21(2)15(23)9-12-10-25-17(20-12)22-7-3-6-19-16(22)24/h4-5,8,10H,3,6-7,9H2,1-2H3,(H,19,24). The number of nitrogens with zero attached hydrogens (tertiary/aromatic N) is 3. The zero-order valence-electron chi connectivity index (χ0n) is 14.1. The second kappa shape index (κ2) is 7.53. The molecular weight excluding hydrogens is 404 g/mol. The minimum absolute atomic E-state index is 0.0401. The molecule has 0 radical (unpaired) electrons. The van der Waals surface area contributed by atoms with Crippen molar-refractivity contribution in [1.82, 2.24) is 10.3 Å². The van der Waals surface area contributed by atoms with E-state index in [0.29, 0.717) is 23.9 Å². The molecule has 0 spiro atoms. The highest BCUT2D eigenvalue weighted by atomic mass is 79.9. The van der Waals surface area contributed by atoms with Gasteiger partial charge in [-0.05, 0) is 37.1 Å². The first kappa shape index (κ1) is 17.9. The van der Waals surface area contributed by atoms with Gasteiger partial charge in [-0.1, -0.05) is 15.9 Å². The zero-order chi connectivity index (χ0) is 18.0. The number of urea groups is 1. The van der Waals surface area contributed by atoms with Crippen molar-refractivity contribution in [3.8, 4) is 0 Å². The molecule has 0 unspecified atom stereocenters. The van der Waals surface area contributed by atoms with Crippen molar-refractivity contribution in [2.24, 2.45) is 0 Å². The van der Waals surface area contributed by atoms with Gasteiger partial charge in [-0.15, -0.1) is 11.3 Å². The molecule has 1 aromatic heterocycles. The van der Waals surface area contributed by atoms with Crippen molar-refractivity contribution in [1.29, 1.82) is 0 Å². The summed E-state index contributed by atoms with van der Waals surface area (Å²) in [5.74, 6) is -0.0401. The number of amides is 3. The Kier molecular flexibility index (Phi) is 5.39. The lowest BCUT2D eigenvalue weighted by Crippen LogP contribution is -2.46. The molecule has 132 valence electrons. The third kappa shape index (κ3) is 4.01. The van der Waals surface area contributed by atoms with Crippen molar-refractivity contribution in [3.63, 3.8) is 0 Å². The third-order valence-electron chi connectivity index (χ3n) is 4.09. The van der Waals surface area contributed by atoms with Gasteiger partial charge in [0.25, 0.3) is 0 Å². The molecule has 1 aromatic carbocycles. The highest BCUT2D eigenvalue weighted by Crippen LogP contribution is 2.25. The van der Waals surface area contributed by atoms with E-state index in [1.54, 1.807) is 16.8 Å². The van der Waals surface area contributed by atoms with Crippen LogP contribution in [0, 0.1) is 6.92 Å². The minimum atomic E-state index is -0.124. The second-order valence-corrected chi connectivity index (χ2v) is 7.61. The lowest BCUT2D eigenvalue weighted by molar-refractivity contribution is -0.117. The third-order valence-corrected chi connectivity index (χ3v) is 5.89. The van der Waals surface area contributed by atoms with E-state index >= 15 is 0 Å². The summed E-state index contributed by atoms with van der Waals surface area (Å²) in [5, 5.41) is 5.29. The van der Waals surface area contributed by atoms with Crippen molar-refractivity contribution >= 4 is 50.0 Å². The Morgan fingerprint density at radius 3 is 3.00 bits per heavy atom. The molecule has 0 aliphatic carbocycles. The quantitative estimate of drug-likeness (QED) is 0.821. The smallest absolute Gasteiger partial charge is 0.323 e. The van der Waals surface area contributed by atoms with Gasteiger partial charge in [-0.2, -0.15) is 0 Å². The molecule has 1 fully saturated rings. The predicted octanol–water partition coefficient (Wildman–Crippen LogP) is 3.34. The number of benzene rings is 1. The van der Waals surface area contributed by atoms with Crippen LogP contribution in [0.25, 0.3) is 0 Å². The number of likely N-dealkylation sites (N-methyl/N-ethyl adjacent to an activating group) is 1. The van der Waals surface area contributed by atoms with Crippen molar-refractivity contribution in [2.45, 2.75) is 19.8 Å². The number of aromatic nitrogens is 1. The monoisotopic (exact) mass is 422 g/mol. The highest BCUT2D eigenvalue weighted by molar-refractivity contribution is 9.10. The first-order chi connectivity index (χ1) is 12.0. The van der Waals surface area contributed by atoms with Gasteiger partial charge in [-0.3, -0.25) is 9.69 Å². The van der Waals surface area contributed by atoms with Gasteiger partial charge in [0.2, 0.25) is 5.91 Å². The molecule has 3 amide bonds. The largest absolute Gasteiger partial charge is 0.338 e. The summed E-state index contributed by atoms with van der Waals surface area (Å²) in [6.45, 7) is 3.34. The predicted molar refractivity (Wildman–Crippen MR) is 103 cm³/mol. The maximum atomic E-state index is 12.5. The number of hydrogen-bond acceptors (Lipinski definition) is 4. The number of anilines is 2. The topological polar surface area (TPSA) is 65.5 Å². The van der Waals surface area contributed by atoms with Gasteiger partial charge in [0.05, 0.1) is 12.1 Å². The Hall–Kier alpha value is -1.93. The first-order valence-corrected chi connectivity index (χ1v) is 9.65. The number of hydrogen-bond donors (Lipinski definition) is 1. The average Bonchev–Trinajstić information content (AvgIpc) is 3.05. The summed E-state index contributed by atoms with van der Waals surface area (Å²) < 4.78 is 1.01. The van der Waals surface area contributed by atoms with Crippen LogP contribution >= 0.6 is 27.3 Å². The Balaban J connectivity index is 1.68. The Labute approximate surface area is 159 Å². The minimum Gasteiger partial charge on any atom is -0.338 e. The second-order valence-electron chi connectivity index (χ2n) is 5.92. The molecule has 8 heteroatoms. The van der Waals surface area contributed by atoms with Crippen LogP contribution in [0.4, 0.5) is 15.6 Å². The summed E-state index contributed by atoms with van der Waals surface area (Å²) in [7, 11) is 1.76. The fourth-order valence-corrected chi connectivity index (χ4v) is 3.66. The summed E-state index contributed by atoms with van der Waals surface area (Å²) in [4.78, 5) is 32.1. The normalized spacial score (nSPS) is 14.4. The summed E-state index contributed by atoms with van der Waals surface area (Å²) in [6, 6.07) is 5.68. The van der Waals surface area contributed by atoms with Crippen LogP contribution < -0.4 is 15.1 Å². The maximum Gasteiger partial charge on any atom is 0.323 e. The molecular formula is C17H19BrN4O2S. The van der Waals surface area contributed by atoms with E-state index in [1.807, 2.05) is 30.5 Å². The summed E-state index contributed by atoms with van der Waals surface area (Å²) in [5.41, 5.74) is 2.60. The van der Waals surface area contributed by atoms with Crippen LogP contribution in [-0.2, 0) is 11.2 Å². The van der Waals surface area contributed by atoms with Crippen LogP contribution in [0.1, 0.15) is 17.7 Å². The van der Waals surface area contributed by atoms with Crippen molar-refractivity contribution in [3.05, 3.63) is 39.3 Å². The fourth-order valence-electron chi connectivity index (χ4n) is 2.57. The highest BCUT2D eigenvalue weighted by Gasteiger charge is 2.22. The van der Waals surface area contributed by atoms with Crippen LogP contribution in [0.3, 0.4) is 0 Å². The van der Waals surface area contributed by atoms with E-state index < -0.39 is 0 Å². The first-order valence-electron chi connectivity index (χ1n) is 7.98. The number of thiazole rings is 1. The van der Waals surface area contributed by atoms with Crippen LogP contribution in [0.2, 0.25) is 0 Å². The number of halogens is 1. The van der Waals surface area contributed by atoms with E-state index in [9.17, 15) is 9.59 Å². The molecule has 1 aliphatic heterocycles. The van der Waals surface area contributed by atoms with Crippen LogP contribution in [0.5, 0.6) is 0 Å². The maximum absolute atomic E-state index is 12.5. The van der Waals surface area contributed by atoms with E-state index in [0.717, 1.165) is 22.1 Å². The fraction of sp³-hybridized carbons (Fsp3) is 0.353. The summed E-state index contributed by atoms with van der Waals surface area (Å²) >= 11 is 4.86. The van der Waals surface area contributed by atoms with Crippen LogP contribution in [0.15, 0.2) is 28.1 Å². The Morgan fingerprint density at radius 1 is 1.48 bits per heavy atom. The van der Waals surface area contributed by atoms with E-state index in [4.69, 9.17) is 0 Å². The molecule has 1 saturated heterocycles. The zero-order valence-corrected chi connectivity index (χ0v) is 16.5. The number of aryl methyl sites for hydroxylation is 1. The molecule has 2 aromatic rings. The van der Waals surface area contributed by atoms with E-state index in [-0.39, 0.29) is 18.4 Å². The Bertz CT molecular complexity index is 808. The molecule has 1 aliphatic rings. The van der Waals surface area contributed by atoms with Gasteiger partial charge in [0.1, 0.15) is 0 Å². The van der Waals surface area contributed by atoms with Gasteiger partial charge < -0.3 is 10.2 Å². The molecule has 0 atom stereocenters. The molecule has 25 heavy (non-hydrogen) atoms. The molecule has 1 N–H and O–H groups in total.